The van der Waals surface area contributed by atoms with Crippen LogP contribution in [0.25, 0.3) is 10.6 Å². The Kier molecular flexibility index (Phi) is 7.61. The molecule has 0 aliphatic carbocycles. The fourth-order valence-electron chi connectivity index (χ4n) is 3.78. The number of benzene rings is 2. The number of anilines is 3. The first-order chi connectivity index (χ1) is 17.7. The maximum atomic E-state index is 9.06. The molecule has 0 saturated carbocycles. The quantitative estimate of drug-likeness (QED) is 0.308. The van der Waals surface area contributed by atoms with Gasteiger partial charge in [-0.15, -0.1) is 11.3 Å². The van der Waals surface area contributed by atoms with Gasteiger partial charge < -0.3 is 15.0 Å². The Bertz CT molecular complexity index is 1310. The number of nitrogens with zero attached hydrogens (tertiary/aromatic N) is 6. The predicted octanol–water partition coefficient (Wildman–Crippen LogP) is 5.44. The topological polar surface area (TPSA) is 90.2 Å². The van der Waals surface area contributed by atoms with Gasteiger partial charge in [0.25, 0.3) is 0 Å². The number of aromatic nitrogens is 3. The summed E-state index contributed by atoms with van der Waals surface area (Å²) in [5.74, 6) is 2.30. The first kappa shape index (κ1) is 24.1. The maximum absolute atomic E-state index is 9.06. The summed E-state index contributed by atoms with van der Waals surface area (Å²) in [7, 11) is 0. The molecule has 0 radical (unpaired) electrons. The predicted molar refractivity (Wildman–Crippen MR) is 145 cm³/mol. The first-order valence-corrected chi connectivity index (χ1v) is 13.3. The largest absolute Gasteiger partial charge is 0.494 e. The Morgan fingerprint density at radius 3 is 2.50 bits per heavy atom. The highest BCUT2D eigenvalue weighted by Crippen LogP contribution is 2.30. The monoisotopic (exact) mass is 515 g/mol. The Morgan fingerprint density at radius 2 is 1.83 bits per heavy atom. The summed E-state index contributed by atoms with van der Waals surface area (Å²) in [6.07, 6.45) is 1.83. The number of rotatable bonds is 8. The van der Waals surface area contributed by atoms with Crippen LogP contribution in [0.2, 0.25) is 0 Å². The summed E-state index contributed by atoms with van der Waals surface area (Å²) < 4.78 is 7.91. The maximum Gasteiger partial charge on any atom is 0.228 e. The van der Waals surface area contributed by atoms with E-state index in [-0.39, 0.29) is 0 Å². The van der Waals surface area contributed by atoms with E-state index < -0.39 is 0 Å². The number of thiazole rings is 1. The number of ether oxygens (including phenoxy) is 1. The lowest BCUT2D eigenvalue weighted by atomic mass is 10.2. The number of nitriles is 1. The van der Waals surface area contributed by atoms with E-state index in [0.717, 1.165) is 48.2 Å². The van der Waals surface area contributed by atoms with E-state index in [1.54, 1.807) is 35.4 Å². The summed E-state index contributed by atoms with van der Waals surface area (Å²) in [6.45, 7) is 6.10. The molecule has 1 fully saturated rings. The Labute approximate surface area is 218 Å². The van der Waals surface area contributed by atoms with Crippen molar-refractivity contribution in [1.82, 2.24) is 19.3 Å². The summed E-state index contributed by atoms with van der Waals surface area (Å²) in [5.41, 5.74) is 4.13. The highest BCUT2D eigenvalue weighted by Gasteiger charge is 2.21. The molecule has 10 heteroatoms. The molecule has 3 heterocycles. The fourth-order valence-corrected chi connectivity index (χ4v) is 5.26. The van der Waals surface area contributed by atoms with Crippen molar-refractivity contribution >= 4 is 40.7 Å². The second kappa shape index (κ2) is 11.4. The normalized spacial score (nSPS) is 13.8. The zero-order valence-corrected chi connectivity index (χ0v) is 21.4. The standard InChI is InChI=1S/C26H25N7OS2/c1-2-34-21-7-9-22(10-8-21)36-33-13-11-32(12-14-33)26-30-23(24-17-28-18-35-24)15-25(31-26)29-20-5-3-19(16-27)4-6-20/h3-10,15,17-18H,2,11-14H2,1H3,(H,29,30,31). The Morgan fingerprint density at radius 1 is 1.06 bits per heavy atom. The van der Waals surface area contributed by atoms with Crippen LogP contribution in [0.1, 0.15) is 12.5 Å². The van der Waals surface area contributed by atoms with Crippen molar-refractivity contribution in [3.05, 3.63) is 71.9 Å². The fraction of sp³-hybridized carbons (Fsp3) is 0.231. The Hall–Kier alpha value is -3.65. The van der Waals surface area contributed by atoms with Crippen LogP contribution in [0.5, 0.6) is 5.75 Å². The van der Waals surface area contributed by atoms with Gasteiger partial charge in [0.05, 0.1) is 34.3 Å². The highest BCUT2D eigenvalue weighted by molar-refractivity contribution is 7.97. The van der Waals surface area contributed by atoms with Gasteiger partial charge in [-0.1, -0.05) is 0 Å². The average molecular weight is 516 g/mol. The van der Waals surface area contributed by atoms with E-state index in [9.17, 15) is 0 Å². The van der Waals surface area contributed by atoms with Gasteiger partial charge in [0.2, 0.25) is 5.95 Å². The third-order valence-electron chi connectivity index (χ3n) is 5.58. The van der Waals surface area contributed by atoms with Crippen LogP contribution in [0.3, 0.4) is 0 Å². The van der Waals surface area contributed by atoms with Gasteiger partial charge >= 0.3 is 0 Å². The molecule has 0 atom stereocenters. The van der Waals surface area contributed by atoms with Crippen molar-refractivity contribution in [3.63, 3.8) is 0 Å². The first-order valence-electron chi connectivity index (χ1n) is 11.7. The molecule has 0 spiro atoms. The highest BCUT2D eigenvalue weighted by atomic mass is 32.2. The minimum atomic E-state index is 0.621. The van der Waals surface area contributed by atoms with Crippen molar-refractivity contribution in [1.29, 1.82) is 5.26 Å². The molecule has 2 aromatic carbocycles. The molecule has 4 aromatic rings. The molecule has 0 unspecified atom stereocenters. The van der Waals surface area contributed by atoms with E-state index in [2.05, 4.69) is 37.7 Å². The van der Waals surface area contributed by atoms with Gasteiger partial charge in [0.15, 0.2) is 0 Å². The lowest BCUT2D eigenvalue weighted by Gasteiger charge is -2.34. The number of piperazine rings is 1. The molecule has 1 N–H and O–H groups in total. The van der Waals surface area contributed by atoms with Gasteiger partial charge in [0, 0.05) is 49.0 Å². The van der Waals surface area contributed by atoms with Crippen LogP contribution in [-0.2, 0) is 0 Å². The molecule has 5 rings (SSSR count). The summed E-state index contributed by atoms with van der Waals surface area (Å²) in [5, 5.41) is 12.4. The van der Waals surface area contributed by atoms with Crippen LogP contribution in [0.4, 0.5) is 17.5 Å². The Balaban J connectivity index is 1.29. The lowest BCUT2D eigenvalue weighted by molar-refractivity contribution is 0.340. The molecule has 2 aromatic heterocycles. The average Bonchev–Trinajstić information content (AvgIpc) is 3.46. The molecule has 0 bridgehead atoms. The van der Waals surface area contributed by atoms with Gasteiger partial charge in [-0.3, -0.25) is 4.98 Å². The molecule has 1 saturated heterocycles. The molecule has 1 aliphatic heterocycles. The van der Waals surface area contributed by atoms with Gasteiger partial charge in [-0.25, -0.2) is 9.29 Å². The van der Waals surface area contributed by atoms with E-state index >= 15 is 0 Å². The van der Waals surface area contributed by atoms with Crippen molar-refractivity contribution in [2.45, 2.75) is 11.8 Å². The third kappa shape index (κ3) is 5.94. The molecule has 182 valence electrons. The van der Waals surface area contributed by atoms with E-state index in [1.165, 1.54) is 4.90 Å². The summed E-state index contributed by atoms with van der Waals surface area (Å²) >= 11 is 3.32. The molecular weight excluding hydrogens is 490 g/mol. The van der Waals surface area contributed by atoms with Gasteiger partial charge in [0.1, 0.15) is 11.6 Å². The number of hydrogen-bond acceptors (Lipinski definition) is 10. The molecule has 1 aliphatic rings. The van der Waals surface area contributed by atoms with E-state index in [0.29, 0.717) is 23.9 Å². The van der Waals surface area contributed by atoms with Gasteiger partial charge in [-0.05, 0) is 67.4 Å². The molecule has 8 nitrogen and oxygen atoms in total. The zero-order valence-electron chi connectivity index (χ0n) is 19.8. The van der Waals surface area contributed by atoms with Crippen molar-refractivity contribution in [2.24, 2.45) is 0 Å². The minimum Gasteiger partial charge on any atom is -0.494 e. The van der Waals surface area contributed by atoms with Crippen LogP contribution in [0, 0.1) is 11.3 Å². The zero-order chi connectivity index (χ0) is 24.7. The molecule has 0 amide bonds. The van der Waals surface area contributed by atoms with Crippen LogP contribution < -0.4 is 15.0 Å². The lowest BCUT2D eigenvalue weighted by Crippen LogP contribution is -2.44. The summed E-state index contributed by atoms with van der Waals surface area (Å²) in [4.78, 5) is 18.3. The second-order valence-electron chi connectivity index (χ2n) is 8.03. The minimum absolute atomic E-state index is 0.621. The van der Waals surface area contributed by atoms with Gasteiger partial charge in [-0.2, -0.15) is 10.2 Å². The van der Waals surface area contributed by atoms with Crippen LogP contribution >= 0.6 is 23.3 Å². The second-order valence-corrected chi connectivity index (χ2v) is 10.1. The van der Waals surface area contributed by atoms with Crippen LogP contribution in [0.15, 0.2) is 71.2 Å². The third-order valence-corrected chi connectivity index (χ3v) is 7.48. The molecular formula is C26H25N7OS2. The van der Waals surface area contributed by atoms with E-state index in [4.69, 9.17) is 20.0 Å². The number of hydrogen-bond donors (Lipinski definition) is 1. The number of nitrogens with one attached hydrogen (secondary N) is 1. The summed E-state index contributed by atoms with van der Waals surface area (Å²) in [6, 6.07) is 19.7. The SMILES string of the molecule is CCOc1ccc(SN2CCN(c3nc(Nc4ccc(C#N)cc4)cc(-c4cncs4)n3)CC2)cc1. The van der Waals surface area contributed by atoms with E-state index in [1.807, 2.05) is 49.0 Å². The van der Waals surface area contributed by atoms with Crippen molar-refractivity contribution < 1.29 is 4.74 Å². The smallest absolute Gasteiger partial charge is 0.228 e. The van der Waals surface area contributed by atoms with Crippen LogP contribution in [-0.4, -0.2) is 52.0 Å². The van der Waals surface area contributed by atoms with Crippen molar-refractivity contribution in [3.8, 4) is 22.4 Å². The molecule has 36 heavy (non-hydrogen) atoms. The van der Waals surface area contributed by atoms with Crippen molar-refractivity contribution in [2.75, 3.05) is 43.0 Å².